The van der Waals surface area contributed by atoms with Gasteiger partial charge in [-0.3, -0.25) is 0 Å². The molecule has 0 radical (unpaired) electrons. The average molecular weight is 272 g/mol. The molecule has 0 spiro atoms. The molecule has 1 aliphatic carbocycles. The van der Waals surface area contributed by atoms with E-state index in [9.17, 15) is 0 Å². The molecule has 0 amide bonds. The summed E-state index contributed by atoms with van der Waals surface area (Å²) in [7, 11) is 2.25. The standard InChI is InChI=1S/C16H24N4/c1-12-18-15-11-13(17)7-8-16(15)20(12)10-9-19(2)14-5-3-4-6-14/h7-8,11,14H,3-6,9-10,17H2,1-2H3. The van der Waals surface area contributed by atoms with E-state index in [2.05, 4.69) is 34.5 Å². The molecule has 0 saturated heterocycles. The third kappa shape index (κ3) is 2.52. The smallest absolute Gasteiger partial charge is 0.106 e. The van der Waals surface area contributed by atoms with Gasteiger partial charge in [-0.15, -0.1) is 0 Å². The first-order chi connectivity index (χ1) is 9.65. The van der Waals surface area contributed by atoms with Crippen LogP contribution in [0.25, 0.3) is 11.0 Å². The lowest BCUT2D eigenvalue weighted by molar-refractivity contribution is 0.237. The molecule has 1 aliphatic rings. The molecule has 2 aromatic rings. The van der Waals surface area contributed by atoms with Gasteiger partial charge in [0.15, 0.2) is 0 Å². The number of nitrogens with two attached hydrogens (primary N) is 1. The lowest BCUT2D eigenvalue weighted by atomic mass is 10.2. The van der Waals surface area contributed by atoms with Crippen LogP contribution >= 0.6 is 0 Å². The summed E-state index contributed by atoms with van der Waals surface area (Å²) in [5.41, 5.74) is 8.81. The third-order valence-electron chi connectivity index (χ3n) is 4.59. The van der Waals surface area contributed by atoms with E-state index >= 15 is 0 Å². The van der Waals surface area contributed by atoms with Crippen molar-refractivity contribution in [2.24, 2.45) is 0 Å². The zero-order valence-corrected chi connectivity index (χ0v) is 12.5. The Balaban J connectivity index is 1.75. The highest BCUT2D eigenvalue weighted by molar-refractivity contribution is 5.79. The Kier molecular flexibility index (Phi) is 3.66. The minimum Gasteiger partial charge on any atom is -0.399 e. The van der Waals surface area contributed by atoms with E-state index in [0.717, 1.165) is 36.2 Å². The molecular formula is C16H24N4. The Morgan fingerprint density at radius 2 is 2.10 bits per heavy atom. The molecule has 1 fully saturated rings. The highest BCUT2D eigenvalue weighted by Crippen LogP contribution is 2.23. The van der Waals surface area contributed by atoms with E-state index in [0.29, 0.717) is 0 Å². The van der Waals surface area contributed by atoms with Gasteiger partial charge < -0.3 is 15.2 Å². The highest BCUT2D eigenvalue weighted by atomic mass is 15.2. The van der Waals surface area contributed by atoms with Crippen LogP contribution in [0, 0.1) is 6.92 Å². The van der Waals surface area contributed by atoms with Crippen LogP contribution < -0.4 is 5.73 Å². The fourth-order valence-electron chi connectivity index (χ4n) is 3.33. The molecule has 1 aromatic heterocycles. The largest absolute Gasteiger partial charge is 0.399 e. The second kappa shape index (κ2) is 5.44. The summed E-state index contributed by atoms with van der Waals surface area (Å²) in [5, 5.41) is 0. The summed E-state index contributed by atoms with van der Waals surface area (Å²) < 4.78 is 2.31. The topological polar surface area (TPSA) is 47.1 Å². The lowest BCUT2D eigenvalue weighted by Gasteiger charge is -2.24. The van der Waals surface area contributed by atoms with Crippen molar-refractivity contribution in [2.45, 2.75) is 45.2 Å². The van der Waals surface area contributed by atoms with Gasteiger partial charge in [-0.2, -0.15) is 0 Å². The molecule has 0 unspecified atom stereocenters. The van der Waals surface area contributed by atoms with Crippen molar-refractivity contribution in [3.63, 3.8) is 0 Å². The number of imidazole rings is 1. The van der Waals surface area contributed by atoms with Crippen LogP contribution in [0.5, 0.6) is 0 Å². The Morgan fingerprint density at radius 3 is 2.85 bits per heavy atom. The van der Waals surface area contributed by atoms with Crippen LogP contribution in [-0.4, -0.2) is 34.1 Å². The number of nitrogen functional groups attached to an aromatic ring is 1. The molecule has 2 N–H and O–H groups in total. The van der Waals surface area contributed by atoms with E-state index in [-0.39, 0.29) is 0 Å². The zero-order chi connectivity index (χ0) is 14.1. The Hall–Kier alpha value is -1.55. The number of benzene rings is 1. The monoisotopic (exact) mass is 272 g/mol. The SMILES string of the molecule is Cc1nc2cc(N)ccc2n1CCN(C)C1CCCC1. The number of hydrogen-bond acceptors (Lipinski definition) is 3. The second-order valence-electron chi connectivity index (χ2n) is 5.98. The zero-order valence-electron chi connectivity index (χ0n) is 12.5. The van der Waals surface area contributed by atoms with Gasteiger partial charge in [-0.1, -0.05) is 12.8 Å². The number of anilines is 1. The second-order valence-corrected chi connectivity index (χ2v) is 5.98. The minimum absolute atomic E-state index is 0.778. The molecule has 0 bridgehead atoms. The number of rotatable bonds is 4. The van der Waals surface area contributed by atoms with Crippen molar-refractivity contribution in [3.8, 4) is 0 Å². The number of hydrogen-bond donors (Lipinski definition) is 1. The third-order valence-corrected chi connectivity index (χ3v) is 4.59. The molecule has 20 heavy (non-hydrogen) atoms. The van der Waals surface area contributed by atoms with Crippen molar-refractivity contribution >= 4 is 16.7 Å². The molecule has 4 heteroatoms. The van der Waals surface area contributed by atoms with Gasteiger partial charge in [0.1, 0.15) is 5.82 Å². The van der Waals surface area contributed by atoms with E-state index in [1.165, 1.54) is 31.2 Å². The van der Waals surface area contributed by atoms with Gasteiger partial charge >= 0.3 is 0 Å². The number of fused-ring (bicyclic) bond motifs is 1. The van der Waals surface area contributed by atoms with Gasteiger partial charge in [0.05, 0.1) is 11.0 Å². The first-order valence-electron chi connectivity index (χ1n) is 7.58. The Bertz CT molecular complexity index is 596. The van der Waals surface area contributed by atoms with Crippen molar-refractivity contribution in [1.29, 1.82) is 0 Å². The first kappa shape index (κ1) is 13.4. The van der Waals surface area contributed by atoms with Crippen LogP contribution in [0.2, 0.25) is 0 Å². The van der Waals surface area contributed by atoms with Crippen molar-refractivity contribution in [2.75, 3.05) is 19.3 Å². The fraction of sp³-hybridized carbons (Fsp3) is 0.562. The maximum atomic E-state index is 5.83. The van der Waals surface area contributed by atoms with Crippen LogP contribution in [0.1, 0.15) is 31.5 Å². The fourth-order valence-corrected chi connectivity index (χ4v) is 3.33. The molecule has 3 rings (SSSR count). The van der Waals surface area contributed by atoms with Crippen LogP contribution in [0.4, 0.5) is 5.69 Å². The quantitative estimate of drug-likeness (QED) is 0.871. The summed E-state index contributed by atoms with van der Waals surface area (Å²) in [6, 6.07) is 6.78. The lowest BCUT2D eigenvalue weighted by Crippen LogP contribution is -2.32. The van der Waals surface area contributed by atoms with Gasteiger partial charge in [-0.05, 0) is 45.0 Å². The molecular weight excluding hydrogens is 248 g/mol. The van der Waals surface area contributed by atoms with Gasteiger partial charge in [0.25, 0.3) is 0 Å². The molecule has 1 heterocycles. The Morgan fingerprint density at radius 1 is 1.35 bits per heavy atom. The predicted octanol–water partition coefficient (Wildman–Crippen LogP) is 2.80. The molecule has 0 aliphatic heterocycles. The molecule has 108 valence electrons. The van der Waals surface area contributed by atoms with Crippen molar-refractivity contribution in [3.05, 3.63) is 24.0 Å². The molecule has 1 aromatic carbocycles. The van der Waals surface area contributed by atoms with E-state index in [1.807, 2.05) is 12.1 Å². The number of likely N-dealkylation sites (N-methyl/N-ethyl adjacent to an activating group) is 1. The minimum atomic E-state index is 0.778. The summed E-state index contributed by atoms with van der Waals surface area (Å²) >= 11 is 0. The Labute approximate surface area is 120 Å². The number of nitrogens with zero attached hydrogens (tertiary/aromatic N) is 3. The number of aryl methyl sites for hydroxylation is 1. The van der Waals surface area contributed by atoms with E-state index in [1.54, 1.807) is 0 Å². The van der Waals surface area contributed by atoms with Gasteiger partial charge in [0.2, 0.25) is 0 Å². The summed E-state index contributed by atoms with van der Waals surface area (Å²) in [4.78, 5) is 7.12. The maximum Gasteiger partial charge on any atom is 0.106 e. The maximum absolute atomic E-state index is 5.83. The van der Waals surface area contributed by atoms with Gasteiger partial charge in [0, 0.05) is 24.8 Å². The van der Waals surface area contributed by atoms with E-state index in [4.69, 9.17) is 5.73 Å². The first-order valence-corrected chi connectivity index (χ1v) is 7.58. The molecule has 4 nitrogen and oxygen atoms in total. The summed E-state index contributed by atoms with van der Waals surface area (Å²) in [5.74, 6) is 1.07. The molecule has 1 saturated carbocycles. The normalized spacial score (nSPS) is 16.6. The van der Waals surface area contributed by atoms with Crippen LogP contribution in [0.15, 0.2) is 18.2 Å². The van der Waals surface area contributed by atoms with Crippen LogP contribution in [0.3, 0.4) is 0 Å². The van der Waals surface area contributed by atoms with Crippen molar-refractivity contribution < 1.29 is 0 Å². The number of aromatic nitrogens is 2. The van der Waals surface area contributed by atoms with Crippen LogP contribution in [-0.2, 0) is 6.54 Å². The van der Waals surface area contributed by atoms with E-state index < -0.39 is 0 Å². The summed E-state index contributed by atoms with van der Waals surface area (Å²) in [6.45, 7) is 4.16. The summed E-state index contributed by atoms with van der Waals surface area (Å²) in [6.07, 6.45) is 5.50. The van der Waals surface area contributed by atoms with Gasteiger partial charge in [-0.25, -0.2) is 4.98 Å². The molecule has 0 atom stereocenters. The predicted molar refractivity (Wildman–Crippen MR) is 83.8 cm³/mol. The van der Waals surface area contributed by atoms with Crippen molar-refractivity contribution in [1.82, 2.24) is 14.5 Å². The highest BCUT2D eigenvalue weighted by Gasteiger charge is 2.19. The average Bonchev–Trinajstić information content (AvgIpc) is 3.03.